The van der Waals surface area contributed by atoms with Gasteiger partial charge in [-0.2, -0.15) is 0 Å². The monoisotopic (exact) mass is 338 g/mol. The van der Waals surface area contributed by atoms with Crippen LogP contribution in [0.15, 0.2) is 24.3 Å². The number of nitrogens with one attached hydrogen (secondary N) is 1. The summed E-state index contributed by atoms with van der Waals surface area (Å²) >= 11 is 0. The lowest BCUT2D eigenvalue weighted by Crippen LogP contribution is -2.27. The Hall–Kier alpha value is -2.17. The van der Waals surface area contributed by atoms with Crippen molar-refractivity contribution in [2.24, 2.45) is 5.92 Å². The summed E-state index contributed by atoms with van der Waals surface area (Å²) in [5.41, 5.74) is 3.67. The maximum absolute atomic E-state index is 12.6. The minimum atomic E-state index is -0.0711. The minimum Gasteiger partial charge on any atom is -0.351 e. The third kappa shape index (κ3) is 3.60. The van der Waals surface area contributed by atoms with Gasteiger partial charge in [0, 0.05) is 12.5 Å². The number of hydrogen-bond acceptors (Lipinski definition) is 3. The first kappa shape index (κ1) is 16.3. The number of amides is 1. The molecule has 0 unspecified atom stereocenters. The molecule has 25 heavy (non-hydrogen) atoms. The molecule has 2 aliphatic carbocycles. The van der Waals surface area contributed by atoms with Gasteiger partial charge in [0.1, 0.15) is 0 Å². The molecule has 4 rings (SSSR count). The second-order valence-electron chi connectivity index (χ2n) is 7.54. The van der Waals surface area contributed by atoms with Gasteiger partial charge in [-0.1, -0.05) is 48.6 Å². The molecule has 2 saturated carbocycles. The van der Waals surface area contributed by atoms with Crippen LogP contribution < -0.4 is 5.32 Å². The van der Waals surface area contributed by atoms with Crippen LogP contribution in [0.3, 0.4) is 0 Å². The molecule has 0 atom stereocenters. The Kier molecular flexibility index (Phi) is 4.55. The molecule has 0 bridgehead atoms. The molecule has 0 saturated heterocycles. The van der Waals surface area contributed by atoms with Crippen LogP contribution in [0.2, 0.25) is 0 Å². The number of aromatic nitrogens is 3. The molecule has 0 spiro atoms. The van der Waals surface area contributed by atoms with E-state index in [2.05, 4.69) is 34.7 Å². The fourth-order valence-electron chi connectivity index (χ4n) is 3.82. The molecule has 1 N–H and O–H groups in total. The van der Waals surface area contributed by atoms with E-state index >= 15 is 0 Å². The van der Waals surface area contributed by atoms with Crippen LogP contribution in [0.25, 0.3) is 5.69 Å². The minimum absolute atomic E-state index is 0.0711. The average Bonchev–Trinajstić information content (AvgIpc) is 3.14. The molecule has 0 aliphatic heterocycles. The molecule has 5 nitrogen and oxygen atoms in total. The smallest absolute Gasteiger partial charge is 0.273 e. The van der Waals surface area contributed by atoms with Gasteiger partial charge in [-0.3, -0.25) is 4.79 Å². The fourth-order valence-corrected chi connectivity index (χ4v) is 3.82. The van der Waals surface area contributed by atoms with Crippen molar-refractivity contribution in [3.8, 4) is 5.69 Å². The van der Waals surface area contributed by atoms with Crippen LogP contribution in [0.5, 0.6) is 0 Å². The molecule has 0 radical (unpaired) electrons. The summed E-state index contributed by atoms with van der Waals surface area (Å²) in [4.78, 5) is 12.6. The van der Waals surface area contributed by atoms with Crippen LogP contribution >= 0.6 is 0 Å². The van der Waals surface area contributed by atoms with Crippen LogP contribution in [0.1, 0.15) is 72.6 Å². The van der Waals surface area contributed by atoms with Gasteiger partial charge in [0.15, 0.2) is 5.69 Å². The largest absolute Gasteiger partial charge is 0.351 e. The second kappa shape index (κ2) is 6.98. The van der Waals surface area contributed by atoms with Crippen molar-refractivity contribution in [1.29, 1.82) is 0 Å². The Morgan fingerprint density at radius 2 is 1.88 bits per heavy atom. The number of rotatable bonds is 6. The van der Waals surface area contributed by atoms with E-state index < -0.39 is 0 Å². The highest BCUT2D eigenvalue weighted by atomic mass is 16.2. The zero-order chi connectivity index (χ0) is 17.2. The Morgan fingerprint density at radius 3 is 2.56 bits per heavy atom. The third-order valence-corrected chi connectivity index (χ3v) is 5.48. The van der Waals surface area contributed by atoms with Crippen LogP contribution in [0, 0.1) is 12.8 Å². The van der Waals surface area contributed by atoms with Gasteiger partial charge in [-0.25, -0.2) is 4.68 Å². The molecular weight excluding hydrogens is 312 g/mol. The molecule has 132 valence electrons. The first-order valence-corrected chi connectivity index (χ1v) is 9.53. The molecule has 2 aromatic rings. The summed E-state index contributed by atoms with van der Waals surface area (Å²) in [5.74, 6) is 1.12. The summed E-state index contributed by atoms with van der Waals surface area (Å²) in [5, 5.41) is 11.6. The molecule has 1 amide bonds. The molecule has 2 aliphatic rings. The zero-order valence-corrected chi connectivity index (χ0v) is 14.9. The van der Waals surface area contributed by atoms with Crippen LogP contribution in [0.4, 0.5) is 0 Å². The fraction of sp³-hybridized carbons (Fsp3) is 0.550. The van der Waals surface area contributed by atoms with Gasteiger partial charge in [0.2, 0.25) is 0 Å². The normalized spacial score (nSPS) is 17.8. The lowest BCUT2D eigenvalue weighted by Gasteiger charge is -2.10. The summed E-state index contributed by atoms with van der Waals surface area (Å²) < 4.78 is 1.85. The standard InChI is InChI=1S/C20H26N4O/c1-14-6-10-17(11-7-14)24-19(16-8-9-16)18(22-23-24)20(25)21-13-12-15-4-2-3-5-15/h6-7,10-11,15-16H,2-5,8-9,12-13H2,1H3,(H,21,25). The Bertz CT molecular complexity index is 740. The first-order valence-electron chi connectivity index (χ1n) is 9.53. The van der Waals surface area contributed by atoms with Gasteiger partial charge in [0.05, 0.1) is 11.4 Å². The number of hydrogen-bond donors (Lipinski definition) is 1. The SMILES string of the molecule is Cc1ccc(-n2nnc(C(=O)NCCC3CCCC3)c2C2CC2)cc1. The van der Waals surface area contributed by atoms with Crippen LogP contribution in [-0.2, 0) is 0 Å². The average molecular weight is 338 g/mol. The third-order valence-electron chi connectivity index (χ3n) is 5.48. The summed E-state index contributed by atoms with van der Waals surface area (Å²) in [6, 6.07) is 8.21. The molecule has 1 aromatic heterocycles. The van der Waals surface area contributed by atoms with E-state index in [1.165, 1.54) is 31.2 Å². The van der Waals surface area contributed by atoms with Crippen molar-refractivity contribution in [3.63, 3.8) is 0 Å². The number of carbonyl (C=O) groups excluding carboxylic acids is 1. The number of nitrogens with zero attached hydrogens (tertiary/aromatic N) is 3. The van der Waals surface area contributed by atoms with Crippen molar-refractivity contribution in [3.05, 3.63) is 41.2 Å². The first-order chi connectivity index (χ1) is 12.2. The highest BCUT2D eigenvalue weighted by molar-refractivity contribution is 5.93. The maximum Gasteiger partial charge on any atom is 0.273 e. The number of aryl methyl sites for hydroxylation is 1. The molecule has 2 fully saturated rings. The predicted octanol–water partition coefficient (Wildman–Crippen LogP) is 3.76. The topological polar surface area (TPSA) is 59.8 Å². The zero-order valence-electron chi connectivity index (χ0n) is 14.9. The van der Waals surface area contributed by atoms with Gasteiger partial charge < -0.3 is 5.32 Å². The van der Waals surface area contributed by atoms with Crippen molar-refractivity contribution in [1.82, 2.24) is 20.3 Å². The van der Waals surface area contributed by atoms with E-state index in [1.54, 1.807) is 0 Å². The van der Waals surface area contributed by atoms with E-state index in [0.29, 0.717) is 11.6 Å². The Balaban J connectivity index is 1.49. The van der Waals surface area contributed by atoms with E-state index in [0.717, 1.165) is 43.1 Å². The van der Waals surface area contributed by atoms with E-state index in [4.69, 9.17) is 0 Å². The van der Waals surface area contributed by atoms with E-state index in [1.807, 2.05) is 16.8 Å². The van der Waals surface area contributed by atoms with E-state index in [-0.39, 0.29) is 5.91 Å². The van der Waals surface area contributed by atoms with Gasteiger partial charge in [-0.05, 0) is 44.2 Å². The van der Waals surface area contributed by atoms with Crippen molar-refractivity contribution < 1.29 is 4.79 Å². The quantitative estimate of drug-likeness (QED) is 0.872. The van der Waals surface area contributed by atoms with Crippen molar-refractivity contribution >= 4 is 5.91 Å². The van der Waals surface area contributed by atoms with Gasteiger partial charge >= 0.3 is 0 Å². The highest BCUT2D eigenvalue weighted by Gasteiger charge is 2.34. The van der Waals surface area contributed by atoms with Crippen molar-refractivity contribution in [2.75, 3.05) is 6.54 Å². The molecule has 5 heteroatoms. The lowest BCUT2D eigenvalue weighted by atomic mass is 10.0. The van der Waals surface area contributed by atoms with Crippen molar-refractivity contribution in [2.45, 2.75) is 57.8 Å². The Morgan fingerprint density at radius 1 is 1.16 bits per heavy atom. The van der Waals surface area contributed by atoms with E-state index in [9.17, 15) is 4.79 Å². The van der Waals surface area contributed by atoms with Gasteiger partial charge in [-0.15, -0.1) is 5.10 Å². The summed E-state index contributed by atoms with van der Waals surface area (Å²) in [7, 11) is 0. The highest BCUT2D eigenvalue weighted by Crippen LogP contribution is 2.42. The predicted molar refractivity (Wildman–Crippen MR) is 97.0 cm³/mol. The molecule has 1 aromatic carbocycles. The lowest BCUT2D eigenvalue weighted by molar-refractivity contribution is 0.0945. The molecular formula is C20H26N4O. The molecule has 1 heterocycles. The summed E-state index contributed by atoms with van der Waals surface area (Å²) in [6.45, 7) is 2.81. The maximum atomic E-state index is 12.6. The second-order valence-corrected chi connectivity index (χ2v) is 7.54. The Labute approximate surface area is 148 Å². The summed E-state index contributed by atoms with van der Waals surface area (Å²) in [6.07, 6.45) is 8.62. The number of carbonyl (C=O) groups is 1. The van der Waals surface area contributed by atoms with Crippen LogP contribution in [-0.4, -0.2) is 27.4 Å². The van der Waals surface area contributed by atoms with Gasteiger partial charge in [0.25, 0.3) is 5.91 Å². The number of benzene rings is 1.